The molecule has 1 aromatic carbocycles. The summed E-state index contributed by atoms with van der Waals surface area (Å²) in [5.74, 6) is 5.10. The zero-order chi connectivity index (χ0) is 33.5. The molecule has 0 saturated carbocycles. The highest BCUT2D eigenvalue weighted by atomic mass is 32.2. The monoisotopic (exact) mass is 669 g/mol. The molecule has 3 aromatic heterocycles. The SMILES string of the molecule is Cc1noc(-c2ccccc2)c1CSC[C@H]1O[C@@H](n2cc(C#C[Si](C)(C)C)c3c(N=CN(C)C)nc(C#N)nc32)[C@@H]2OC(C)(C)O[C@@H]21. The zero-order valence-electron chi connectivity index (χ0n) is 27.9. The van der Waals surface area contributed by atoms with Crippen molar-refractivity contribution in [2.24, 2.45) is 4.99 Å². The van der Waals surface area contributed by atoms with E-state index in [2.05, 4.69) is 57.3 Å². The fourth-order valence-electron chi connectivity index (χ4n) is 5.66. The quantitative estimate of drug-likeness (QED) is 0.0946. The van der Waals surface area contributed by atoms with E-state index in [0.29, 0.717) is 28.4 Å². The number of nitrogens with zero attached hydrogens (tertiary/aromatic N) is 7. The summed E-state index contributed by atoms with van der Waals surface area (Å²) in [6.45, 7) is 12.4. The maximum atomic E-state index is 9.86. The van der Waals surface area contributed by atoms with Gasteiger partial charge in [-0.1, -0.05) is 61.0 Å². The van der Waals surface area contributed by atoms with Gasteiger partial charge in [0, 0.05) is 42.9 Å². The summed E-state index contributed by atoms with van der Waals surface area (Å²) in [4.78, 5) is 15.5. The van der Waals surface area contributed by atoms with E-state index in [4.69, 9.17) is 18.7 Å². The number of hydrogen-bond donors (Lipinski definition) is 0. The second-order valence-corrected chi connectivity index (χ2v) is 19.2. The topological polar surface area (TPSA) is 124 Å². The molecule has 0 aliphatic carbocycles. The van der Waals surface area contributed by atoms with Crippen molar-refractivity contribution in [1.29, 1.82) is 5.26 Å². The smallest absolute Gasteiger partial charge is 0.236 e. The lowest BCUT2D eigenvalue weighted by Gasteiger charge is -2.25. The van der Waals surface area contributed by atoms with Crippen LogP contribution in [-0.4, -0.2) is 83.0 Å². The minimum atomic E-state index is -1.74. The molecule has 2 aliphatic rings. The van der Waals surface area contributed by atoms with Crippen molar-refractivity contribution in [2.75, 3.05) is 19.8 Å². The summed E-state index contributed by atoms with van der Waals surface area (Å²) < 4.78 is 27.3. The molecule has 2 fully saturated rings. The van der Waals surface area contributed by atoms with E-state index in [1.165, 1.54) is 0 Å². The highest BCUT2D eigenvalue weighted by Crippen LogP contribution is 2.46. The van der Waals surface area contributed by atoms with Crippen LogP contribution in [0, 0.1) is 29.7 Å². The minimum Gasteiger partial charge on any atom is -0.369 e. The van der Waals surface area contributed by atoms with Gasteiger partial charge in [0.1, 0.15) is 26.4 Å². The van der Waals surface area contributed by atoms with E-state index in [1.807, 2.05) is 80.9 Å². The van der Waals surface area contributed by atoms with Crippen LogP contribution in [0.3, 0.4) is 0 Å². The summed E-state index contributed by atoms with van der Waals surface area (Å²) in [5, 5.41) is 14.8. The van der Waals surface area contributed by atoms with E-state index < -0.39 is 26.2 Å². The Morgan fingerprint density at radius 3 is 2.57 bits per heavy atom. The van der Waals surface area contributed by atoms with Crippen molar-refractivity contribution >= 4 is 43.0 Å². The molecular formula is C34H39N7O4SSi. The summed E-state index contributed by atoms with van der Waals surface area (Å²) in [7, 11) is 2.01. The van der Waals surface area contributed by atoms with Crippen molar-refractivity contribution in [1.82, 2.24) is 24.6 Å². The van der Waals surface area contributed by atoms with Crippen LogP contribution in [0.15, 0.2) is 46.0 Å². The molecule has 11 nitrogen and oxygen atoms in total. The average Bonchev–Trinajstić information content (AvgIpc) is 3.75. The number of aliphatic imine (C=N–C) groups is 1. The molecular weight excluding hydrogens is 631 g/mol. The van der Waals surface area contributed by atoms with E-state index in [0.717, 1.165) is 28.1 Å². The highest BCUT2D eigenvalue weighted by molar-refractivity contribution is 7.98. The van der Waals surface area contributed by atoms with Gasteiger partial charge in [0.15, 0.2) is 29.2 Å². The Kier molecular flexibility index (Phi) is 9.04. The third-order valence-electron chi connectivity index (χ3n) is 7.68. The number of aryl methyl sites for hydroxylation is 1. The first-order valence-electron chi connectivity index (χ1n) is 15.5. The first-order valence-corrected chi connectivity index (χ1v) is 20.1. The van der Waals surface area contributed by atoms with Crippen LogP contribution in [0.5, 0.6) is 0 Å². The first-order chi connectivity index (χ1) is 22.3. The number of ether oxygens (including phenoxy) is 3. The average molecular weight is 670 g/mol. The third kappa shape index (κ3) is 7.00. The standard InChI is InChI=1S/C34H39N7O4SSi/c1-21-24(28(45-39-21)22-12-10-9-11-13-22)18-46-19-25-29-30(44-34(2,3)43-29)33(42-25)41-17-23(14-15-47(6,7)8)27-31(36-20-40(4)5)37-26(16-35)38-32(27)41/h9-13,17,20,25,29-30,33H,18-19H2,1-8H3/t25-,29-,30-,33-/m1/s1. The first kappa shape index (κ1) is 32.9. The molecule has 4 aromatic rings. The van der Waals surface area contributed by atoms with Gasteiger partial charge >= 0.3 is 0 Å². The lowest BCUT2D eigenvalue weighted by molar-refractivity contribution is -0.193. The van der Waals surface area contributed by atoms with Crippen molar-refractivity contribution in [3.8, 4) is 28.9 Å². The van der Waals surface area contributed by atoms with Gasteiger partial charge in [0.05, 0.1) is 29.1 Å². The number of hydrogen-bond acceptors (Lipinski definition) is 10. The lowest BCUT2D eigenvalue weighted by Crippen LogP contribution is -2.31. The van der Waals surface area contributed by atoms with Gasteiger partial charge in [0.2, 0.25) is 5.82 Å². The number of fused-ring (bicyclic) bond motifs is 2. The summed E-state index contributed by atoms with van der Waals surface area (Å²) >= 11 is 1.73. The molecule has 47 heavy (non-hydrogen) atoms. The molecule has 0 radical (unpaired) electrons. The van der Waals surface area contributed by atoms with E-state index in [9.17, 15) is 5.26 Å². The van der Waals surface area contributed by atoms with Gasteiger partial charge in [-0.3, -0.25) is 0 Å². The minimum absolute atomic E-state index is 0.0105. The number of nitriles is 1. The molecule has 4 atom stereocenters. The predicted molar refractivity (Wildman–Crippen MR) is 185 cm³/mol. The van der Waals surface area contributed by atoms with Crippen LogP contribution < -0.4 is 0 Å². The Hall–Kier alpha value is -3.98. The fourth-order valence-corrected chi connectivity index (χ4v) is 7.33. The number of thioether (sulfide) groups is 1. The Balaban J connectivity index is 1.35. The summed E-state index contributed by atoms with van der Waals surface area (Å²) in [6, 6.07) is 12.1. The van der Waals surface area contributed by atoms with Crippen LogP contribution >= 0.6 is 11.8 Å². The molecule has 0 unspecified atom stereocenters. The maximum absolute atomic E-state index is 9.86. The Morgan fingerprint density at radius 1 is 1.13 bits per heavy atom. The predicted octanol–water partition coefficient (Wildman–Crippen LogP) is 6.07. The van der Waals surface area contributed by atoms with Crippen LogP contribution in [0.2, 0.25) is 19.6 Å². The van der Waals surface area contributed by atoms with Crippen LogP contribution in [0.25, 0.3) is 22.4 Å². The molecule has 13 heteroatoms. The van der Waals surface area contributed by atoms with Gasteiger partial charge in [-0.2, -0.15) is 22.0 Å². The molecule has 0 spiro atoms. The van der Waals surface area contributed by atoms with E-state index >= 15 is 0 Å². The van der Waals surface area contributed by atoms with Gasteiger partial charge in [-0.15, -0.1) is 5.54 Å². The molecule has 5 heterocycles. The molecule has 2 aliphatic heterocycles. The number of benzene rings is 1. The molecule has 2 saturated heterocycles. The molecule has 0 amide bonds. The van der Waals surface area contributed by atoms with Gasteiger partial charge in [-0.05, 0) is 20.8 Å². The Labute approximate surface area is 280 Å². The van der Waals surface area contributed by atoms with Crippen molar-refractivity contribution in [3.05, 3.63) is 59.2 Å². The molecule has 244 valence electrons. The zero-order valence-corrected chi connectivity index (χ0v) is 29.8. The number of aromatic nitrogens is 4. The van der Waals surface area contributed by atoms with Crippen molar-refractivity contribution in [2.45, 2.75) is 76.5 Å². The normalized spacial score (nSPS) is 21.9. The maximum Gasteiger partial charge on any atom is 0.236 e. The van der Waals surface area contributed by atoms with Crippen molar-refractivity contribution in [3.63, 3.8) is 0 Å². The fraction of sp³-hybridized carbons (Fsp3) is 0.441. The largest absolute Gasteiger partial charge is 0.369 e. The van der Waals surface area contributed by atoms with Gasteiger partial charge in [-0.25, -0.2) is 9.98 Å². The number of rotatable bonds is 8. The van der Waals surface area contributed by atoms with E-state index in [-0.39, 0.29) is 18.0 Å². The Bertz CT molecular complexity index is 1910. The van der Waals surface area contributed by atoms with E-state index in [1.54, 1.807) is 18.1 Å². The van der Waals surface area contributed by atoms with Crippen LogP contribution in [0.1, 0.15) is 42.7 Å². The summed E-state index contributed by atoms with van der Waals surface area (Å²) in [6.07, 6.45) is 1.98. The lowest BCUT2D eigenvalue weighted by atomic mass is 10.1. The second-order valence-electron chi connectivity index (χ2n) is 13.4. The van der Waals surface area contributed by atoms with Crippen LogP contribution in [0.4, 0.5) is 5.82 Å². The molecule has 0 N–H and O–H groups in total. The summed E-state index contributed by atoms with van der Waals surface area (Å²) in [5.41, 5.74) is 7.63. The molecule has 0 bridgehead atoms. The van der Waals surface area contributed by atoms with Crippen LogP contribution in [-0.2, 0) is 20.0 Å². The van der Waals surface area contributed by atoms with Crippen molar-refractivity contribution < 1.29 is 18.7 Å². The van der Waals surface area contributed by atoms with Gasteiger partial charge < -0.3 is 28.2 Å². The Morgan fingerprint density at radius 2 is 1.87 bits per heavy atom. The molecule has 6 rings (SSSR count). The highest BCUT2D eigenvalue weighted by Gasteiger charge is 2.56. The third-order valence-corrected chi connectivity index (χ3v) is 9.62. The second kappa shape index (κ2) is 12.9. The van der Waals surface area contributed by atoms with Gasteiger partial charge in [0.25, 0.3) is 0 Å².